The van der Waals surface area contributed by atoms with Crippen molar-refractivity contribution in [2.75, 3.05) is 0 Å². The topological polar surface area (TPSA) is 60.9 Å². The van der Waals surface area contributed by atoms with E-state index in [1.54, 1.807) is 16.8 Å². The molecule has 0 aliphatic rings. The summed E-state index contributed by atoms with van der Waals surface area (Å²) in [4.78, 5) is 16.2. The Labute approximate surface area is 106 Å². The summed E-state index contributed by atoms with van der Waals surface area (Å²) in [5.74, 6) is 0. The molecule has 4 heteroatoms. The third kappa shape index (κ3) is 2.65. The van der Waals surface area contributed by atoms with Crippen molar-refractivity contribution in [1.82, 2.24) is 9.55 Å². The molecule has 18 heavy (non-hydrogen) atoms. The predicted octanol–water partition coefficient (Wildman–Crippen LogP) is 1.25. The third-order valence-electron chi connectivity index (χ3n) is 3.04. The van der Waals surface area contributed by atoms with Crippen molar-refractivity contribution in [3.8, 4) is 0 Å². The molecule has 0 radical (unpaired) electrons. The predicted molar refractivity (Wildman–Crippen MR) is 71.3 cm³/mol. The Bertz CT molecular complexity index is 575. The number of aryl methyl sites for hydroxylation is 2. The van der Waals surface area contributed by atoms with Crippen LogP contribution in [0.5, 0.6) is 0 Å². The highest BCUT2D eigenvalue weighted by atomic mass is 16.1. The molecule has 0 aliphatic heterocycles. The number of hydrogen-bond acceptors (Lipinski definition) is 3. The lowest BCUT2D eigenvalue weighted by molar-refractivity contribution is 0.640. The lowest BCUT2D eigenvalue weighted by atomic mass is 10.2. The Morgan fingerprint density at radius 2 is 2.17 bits per heavy atom. The molecule has 0 saturated carbocycles. The van der Waals surface area contributed by atoms with Crippen LogP contribution in [0.1, 0.15) is 16.8 Å². The SMILES string of the molecule is Cc1ccc(CN)c(=O)n1CCc1cccnc1. The van der Waals surface area contributed by atoms with Gasteiger partial charge in [0.1, 0.15) is 0 Å². The van der Waals surface area contributed by atoms with Crippen LogP contribution in [0.3, 0.4) is 0 Å². The maximum Gasteiger partial charge on any atom is 0.255 e. The largest absolute Gasteiger partial charge is 0.326 e. The van der Waals surface area contributed by atoms with Gasteiger partial charge in [-0.15, -0.1) is 0 Å². The molecule has 0 atom stereocenters. The van der Waals surface area contributed by atoms with Crippen LogP contribution in [0.4, 0.5) is 0 Å². The molecule has 4 nitrogen and oxygen atoms in total. The first-order valence-corrected chi connectivity index (χ1v) is 6.00. The summed E-state index contributed by atoms with van der Waals surface area (Å²) < 4.78 is 1.77. The molecule has 2 aromatic heterocycles. The van der Waals surface area contributed by atoms with Crippen molar-refractivity contribution in [3.63, 3.8) is 0 Å². The molecule has 94 valence electrons. The van der Waals surface area contributed by atoms with Gasteiger partial charge in [-0.2, -0.15) is 0 Å². The summed E-state index contributed by atoms with van der Waals surface area (Å²) in [5, 5.41) is 0. The molecule has 2 N–H and O–H groups in total. The van der Waals surface area contributed by atoms with E-state index < -0.39 is 0 Å². The van der Waals surface area contributed by atoms with Crippen molar-refractivity contribution >= 4 is 0 Å². The second kappa shape index (κ2) is 5.60. The molecular weight excluding hydrogens is 226 g/mol. The van der Waals surface area contributed by atoms with Crippen molar-refractivity contribution in [3.05, 3.63) is 63.8 Å². The summed E-state index contributed by atoms with van der Waals surface area (Å²) in [6.07, 6.45) is 4.37. The summed E-state index contributed by atoms with van der Waals surface area (Å²) in [6, 6.07) is 7.66. The fourth-order valence-electron chi connectivity index (χ4n) is 1.94. The average Bonchev–Trinajstić information content (AvgIpc) is 2.40. The Morgan fingerprint density at radius 1 is 1.33 bits per heavy atom. The number of nitrogens with zero attached hydrogens (tertiary/aromatic N) is 2. The zero-order valence-electron chi connectivity index (χ0n) is 10.5. The van der Waals surface area contributed by atoms with Crippen LogP contribution < -0.4 is 11.3 Å². The maximum absolute atomic E-state index is 12.1. The van der Waals surface area contributed by atoms with Crippen LogP contribution >= 0.6 is 0 Å². The van der Waals surface area contributed by atoms with Crippen LogP contribution in [0, 0.1) is 6.92 Å². The number of hydrogen-bond donors (Lipinski definition) is 1. The van der Waals surface area contributed by atoms with Crippen LogP contribution in [0.25, 0.3) is 0 Å². The highest BCUT2D eigenvalue weighted by Crippen LogP contribution is 2.02. The molecule has 2 aromatic rings. The first kappa shape index (κ1) is 12.5. The lowest BCUT2D eigenvalue weighted by Crippen LogP contribution is -2.27. The van der Waals surface area contributed by atoms with E-state index in [1.165, 1.54) is 0 Å². The molecule has 0 bridgehead atoms. The smallest absolute Gasteiger partial charge is 0.255 e. The highest BCUT2D eigenvalue weighted by molar-refractivity contribution is 5.16. The second-order valence-electron chi connectivity index (χ2n) is 4.27. The van der Waals surface area contributed by atoms with Gasteiger partial charge in [0, 0.05) is 36.7 Å². The standard InChI is InChI=1S/C14H17N3O/c1-11-4-5-13(9-15)14(18)17(11)8-6-12-3-2-7-16-10-12/h2-5,7,10H,6,8-9,15H2,1H3. The van der Waals surface area contributed by atoms with Crippen molar-refractivity contribution in [2.24, 2.45) is 5.73 Å². The molecule has 2 heterocycles. The molecule has 0 aliphatic carbocycles. The summed E-state index contributed by atoms with van der Waals surface area (Å²) in [5.41, 5.74) is 8.31. The molecular formula is C14H17N3O. The van der Waals surface area contributed by atoms with Crippen LogP contribution in [0.2, 0.25) is 0 Å². The number of aromatic nitrogens is 2. The zero-order valence-corrected chi connectivity index (χ0v) is 10.5. The van der Waals surface area contributed by atoms with Gasteiger partial charge in [0.2, 0.25) is 0 Å². The molecule has 0 spiro atoms. The van der Waals surface area contributed by atoms with E-state index in [0.29, 0.717) is 12.1 Å². The minimum atomic E-state index is 0.0152. The Kier molecular flexibility index (Phi) is 3.89. The summed E-state index contributed by atoms with van der Waals surface area (Å²) >= 11 is 0. The quantitative estimate of drug-likeness (QED) is 0.879. The van der Waals surface area contributed by atoms with Gasteiger partial charge >= 0.3 is 0 Å². The average molecular weight is 243 g/mol. The van der Waals surface area contributed by atoms with Gasteiger partial charge in [-0.05, 0) is 31.0 Å². The Morgan fingerprint density at radius 3 is 2.83 bits per heavy atom. The van der Waals surface area contributed by atoms with Gasteiger partial charge in [0.25, 0.3) is 5.56 Å². The third-order valence-corrected chi connectivity index (χ3v) is 3.04. The second-order valence-corrected chi connectivity index (χ2v) is 4.27. The van der Waals surface area contributed by atoms with Crippen molar-refractivity contribution < 1.29 is 0 Å². The van der Waals surface area contributed by atoms with E-state index in [-0.39, 0.29) is 12.1 Å². The molecule has 0 saturated heterocycles. The normalized spacial score (nSPS) is 10.6. The zero-order chi connectivity index (χ0) is 13.0. The van der Waals surface area contributed by atoms with E-state index in [4.69, 9.17) is 5.73 Å². The van der Waals surface area contributed by atoms with Crippen molar-refractivity contribution in [2.45, 2.75) is 26.4 Å². The van der Waals surface area contributed by atoms with Crippen molar-refractivity contribution in [1.29, 1.82) is 0 Å². The lowest BCUT2D eigenvalue weighted by Gasteiger charge is -2.11. The van der Waals surface area contributed by atoms with Gasteiger partial charge in [0.15, 0.2) is 0 Å². The van der Waals surface area contributed by atoms with E-state index in [1.807, 2.05) is 31.3 Å². The number of pyridine rings is 2. The molecule has 0 fully saturated rings. The van der Waals surface area contributed by atoms with Gasteiger partial charge in [-0.25, -0.2) is 0 Å². The van der Waals surface area contributed by atoms with Crippen LogP contribution in [-0.4, -0.2) is 9.55 Å². The van der Waals surface area contributed by atoms with E-state index in [0.717, 1.165) is 17.7 Å². The van der Waals surface area contributed by atoms with Gasteiger partial charge in [-0.3, -0.25) is 9.78 Å². The van der Waals surface area contributed by atoms with Crippen LogP contribution in [0.15, 0.2) is 41.5 Å². The summed E-state index contributed by atoms with van der Waals surface area (Å²) in [6.45, 7) is 2.88. The highest BCUT2D eigenvalue weighted by Gasteiger charge is 2.05. The van der Waals surface area contributed by atoms with E-state index >= 15 is 0 Å². The van der Waals surface area contributed by atoms with Gasteiger partial charge in [-0.1, -0.05) is 12.1 Å². The molecule has 0 unspecified atom stereocenters. The van der Waals surface area contributed by atoms with E-state index in [9.17, 15) is 4.79 Å². The van der Waals surface area contributed by atoms with E-state index in [2.05, 4.69) is 4.98 Å². The minimum absolute atomic E-state index is 0.0152. The molecule has 0 aromatic carbocycles. The van der Waals surface area contributed by atoms with Gasteiger partial charge < -0.3 is 10.3 Å². The Hall–Kier alpha value is -1.94. The maximum atomic E-state index is 12.1. The Balaban J connectivity index is 2.22. The first-order valence-electron chi connectivity index (χ1n) is 6.00. The van der Waals surface area contributed by atoms with Gasteiger partial charge in [0.05, 0.1) is 0 Å². The fourth-order valence-corrected chi connectivity index (χ4v) is 1.94. The molecule has 0 amide bonds. The fraction of sp³-hybridized carbons (Fsp3) is 0.286. The minimum Gasteiger partial charge on any atom is -0.326 e. The monoisotopic (exact) mass is 243 g/mol. The first-order chi connectivity index (χ1) is 8.72. The summed E-state index contributed by atoms with van der Waals surface area (Å²) in [7, 11) is 0. The molecule has 2 rings (SSSR count). The van der Waals surface area contributed by atoms with Crippen LogP contribution in [-0.2, 0) is 19.5 Å². The number of rotatable bonds is 4. The number of nitrogens with two attached hydrogens (primary N) is 1.